The molecule has 0 bridgehead atoms. The van der Waals surface area contributed by atoms with Crippen molar-refractivity contribution in [1.82, 2.24) is 0 Å². The number of carboxylic acid groups (broad SMARTS) is 2. The van der Waals surface area contributed by atoms with Crippen LogP contribution in [0.5, 0.6) is 5.75 Å². The Labute approximate surface area is 158 Å². The summed E-state index contributed by atoms with van der Waals surface area (Å²) >= 11 is 0. The molecule has 0 amide bonds. The fourth-order valence-electron chi connectivity index (χ4n) is 3.05. The number of hydrogen-bond donors (Lipinski definition) is 3. The molecule has 150 valence electrons. The SMILES string of the molecule is COc1ccc(C(Cc2c(N)cccc2C(F)(F)F)C(C(=O)O)C(=O)O)cc1. The Morgan fingerprint density at radius 1 is 1.07 bits per heavy atom. The van der Waals surface area contributed by atoms with Crippen LogP contribution in [-0.2, 0) is 22.2 Å². The van der Waals surface area contributed by atoms with E-state index in [0.29, 0.717) is 5.75 Å². The van der Waals surface area contributed by atoms with Crippen LogP contribution < -0.4 is 10.5 Å². The highest BCUT2D eigenvalue weighted by atomic mass is 19.4. The Hall–Kier alpha value is -3.23. The zero-order valence-corrected chi connectivity index (χ0v) is 14.7. The van der Waals surface area contributed by atoms with Gasteiger partial charge in [-0.2, -0.15) is 13.2 Å². The molecule has 0 aliphatic carbocycles. The molecule has 28 heavy (non-hydrogen) atoms. The van der Waals surface area contributed by atoms with Crippen molar-refractivity contribution in [3.8, 4) is 5.75 Å². The minimum absolute atomic E-state index is 0.192. The topological polar surface area (TPSA) is 110 Å². The van der Waals surface area contributed by atoms with Crippen LogP contribution in [0, 0.1) is 5.92 Å². The zero-order valence-electron chi connectivity index (χ0n) is 14.7. The summed E-state index contributed by atoms with van der Waals surface area (Å²) < 4.78 is 45.2. The van der Waals surface area contributed by atoms with Crippen molar-refractivity contribution in [2.24, 2.45) is 5.92 Å². The number of methoxy groups -OCH3 is 1. The van der Waals surface area contributed by atoms with Gasteiger partial charge in [0.15, 0.2) is 5.92 Å². The highest BCUT2D eigenvalue weighted by molar-refractivity contribution is 5.94. The van der Waals surface area contributed by atoms with E-state index in [1.807, 2.05) is 0 Å². The van der Waals surface area contributed by atoms with E-state index in [1.165, 1.54) is 37.4 Å². The van der Waals surface area contributed by atoms with E-state index in [-0.39, 0.29) is 16.8 Å². The molecule has 0 saturated heterocycles. The summed E-state index contributed by atoms with van der Waals surface area (Å²) in [6.45, 7) is 0. The number of aliphatic carboxylic acids is 2. The van der Waals surface area contributed by atoms with Crippen LogP contribution in [0.2, 0.25) is 0 Å². The predicted molar refractivity (Wildman–Crippen MR) is 94.1 cm³/mol. The van der Waals surface area contributed by atoms with Crippen LogP contribution in [0.25, 0.3) is 0 Å². The molecular weight excluding hydrogens is 379 g/mol. The number of nitrogen functional groups attached to an aromatic ring is 1. The lowest BCUT2D eigenvalue weighted by Gasteiger charge is -2.24. The summed E-state index contributed by atoms with van der Waals surface area (Å²) in [6, 6.07) is 9.02. The average molecular weight is 397 g/mol. The molecule has 2 aromatic rings. The van der Waals surface area contributed by atoms with Crippen LogP contribution in [0.3, 0.4) is 0 Å². The summed E-state index contributed by atoms with van der Waals surface area (Å²) in [4.78, 5) is 23.2. The molecule has 0 saturated carbocycles. The van der Waals surface area contributed by atoms with Crippen molar-refractivity contribution in [3.63, 3.8) is 0 Å². The van der Waals surface area contributed by atoms with Crippen molar-refractivity contribution in [3.05, 3.63) is 59.2 Å². The maximum absolute atomic E-state index is 13.4. The zero-order chi connectivity index (χ0) is 21.1. The largest absolute Gasteiger partial charge is 0.497 e. The standard InChI is InChI=1S/C19H18F3NO5/c1-28-11-7-5-10(6-8-11)12(16(17(24)25)18(26)27)9-13-14(19(20,21)22)3-2-4-15(13)23/h2-8,12,16H,9,23H2,1H3,(H,24,25)(H,26,27). The van der Waals surface area contributed by atoms with E-state index >= 15 is 0 Å². The van der Waals surface area contributed by atoms with Gasteiger partial charge in [0.2, 0.25) is 0 Å². The Morgan fingerprint density at radius 3 is 2.11 bits per heavy atom. The summed E-state index contributed by atoms with van der Waals surface area (Å²) in [6.07, 6.45) is -5.24. The van der Waals surface area contributed by atoms with Gasteiger partial charge in [0, 0.05) is 11.6 Å². The molecule has 1 unspecified atom stereocenters. The number of hydrogen-bond acceptors (Lipinski definition) is 4. The lowest BCUT2D eigenvalue weighted by molar-refractivity contribution is -0.155. The molecule has 0 aliphatic rings. The Kier molecular flexibility index (Phi) is 6.17. The van der Waals surface area contributed by atoms with Gasteiger partial charge in [-0.05, 0) is 41.8 Å². The first-order valence-electron chi connectivity index (χ1n) is 8.10. The van der Waals surface area contributed by atoms with Gasteiger partial charge in [-0.25, -0.2) is 0 Å². The van der Waals surface area contributed by atoms with Crippen molar-refractivity contribution >= 4 is 17.6 Å². The molecule has 9 heteroatoms. The number of alkyl halides is 3. The highest BCUT2D eigenvalue weighted by Crippen LogP contribution is 2.39. The Bertz CT molecular complexity index is 851. The normalized spacial score (nSPS) is 12.6. The van der Waals surface area contributed by atoms with E-state index in [4.69, 9.17) is 10.5 Å². The second-order valence-electron chi connectivity index (χ2n) is 6.11. The lowest BCUT2D eigenvalue weighted by atomic mass is 9.80. The van der Waals surface area contributed by atoms with Crippen molar-refractivity contribution in [2.45, 2.75) is 18.5 Å². The fourth-order valence-corrected chi connectivity index (χ4v) is 3.05. The molecule has 0 aliphatic heterocycles. The number of halogens is 3. The molecule has 4 N–H and O–H groups in total. The van der Waals surface area contributed by atoms with Gasteiger partial charge in [0.25, 0.3) is 0 Å². The quantitative estimate of drug-likeness (QED) is 0.488. The van der Waals surface area contributed by atoms with E-state index < -0.39 is 41.9 Å². The Balaban J connectivity index is 2.60. The first-order valence-corrected chi connectivity index (χ1v) is 8.10. The van der Waals surface area contributed by atoms with Gasteiger partial charge in [0.1, 0.15) is 5.75 Å². The lowest BCUT2D eigenvalue weighted by Crippen LogP contribution is -2.31. The Morgan fingerprint density at radius 2 is 1.64 bits per heavy atom. The van der Waals surface area contributed by atoms with Crippen LogP contribution in [0.1, 0.15) is 22.6 Å². The molecule has 0 spiro atoms. The average Bonchev–Trinajstić information content (AvgIpc) is 2.61. The predicted octanol–water partition coefficient (Wildman–Crippen LogP) is 3.41. The van der Waals surface area contributed by atoms with E-state index in [0.717, 1.165) is 12.1 Å². The summed E-state index contributed by atoms with van der Waals surface area (Å²) in [5.74, 6) is -6.13. The van der Waals surface area contributed by atoms with Crippen molar-refractivity contribution < 1.29 is 37.7 Å². The number of benzene rings is 2. The smallest absolute Gasteiger partial charge is 0.416 e. The molecular formula is C19H18F3NO5. The van der Waals surface area contributed by atoms with Gasteiger partial charge in [-0.15, -0.1) is 0 Å². The number of anilines is 1. The molecule has 0 aromatic heterocycles. The molecule has 0 radical (unpaired) electrons. The minimum Gasteiger partial charge on any atom is -0.497 e. The highest BCUT2D eigenvalue weighted by Gasteiger charge is 2.39. The van der Waals surface area contributed by atoms with E-state index in [2.05, 4.69) is 0 Å². The monoisotopic (exact) mass is 397 g/mol. The van der Waals surface area contributed by atoms with Gasteiger partial charge < -0.3 is 20.7 Å². The van der Waals surface area contributed by atoms with E-state index in [1.54, 1.807) is 0 Å². The van der Waals surface area contributed by atoms with E-state index in [9.17, 15) is 33.0 Å². The first kappa shape index (κ1) is 21.1. The number of ether oxygens (including phenoxy) is 1. The molecule has 0 fully saturated rings. The molecule has 2 aromatic carbocycles. The fraction of sp³-hybridized carbons (Fsp3) is 0.263. The van der Waals surface area contributed by atoms with Crippen LogP contribution in [0.15, 0.2) is 42.5 Å². The summed E-state index contributed by atoms with van der Waals surface area (Å²) in [5, 5.41) is 18.8. The number of rotatable bonds is 7. The molecule has 2 rings (SSSR count). The van der Waals surface area contributed by atoms with Gasteiger partial charge >= 0.3 is 18.1 Å². The maximum Gasteiger partial charge on any atom is 0.416 e. The van der Waals surface area contributed by atoms with Crippen LogP contribution >= 0.6 is 0 Å². The minimum atomic E-state index is -4.73. The van der Waals surface area contributed by atoms with Gasteiger partial charge in [-0.1, -0.05) is 18.2 Å². The first-order chi connectivity index (χ1) is 13.1. The van der Waals surface area contributed by atoms with Crippen LogP contribution in [0.4, 0.5) is 18.9 Å². The number of carbonyl (C=O) groups is 2. The molecule has 1 atom stereocenters. The number of nitrogens with two attached hydrogens (primary N) is 1. The second kappa shape index (κ2) is 8.20. The maximum atomic E-state index is 13.4. The van der Waals surface area contributed by atoms with Gasteiger partial charge in [-0.3, -0.25) is 9.59 Å². The molecule has 0 heterocycles. The summed E-state index contributed by atoms with van der Waals surface area (Å²) in [5.41, 5.74) is 4.41. The number of carboxylic acids is 2. The van der Waals surface area contributed by atoms with Crippen molar-refractivity contribution in [2.75, 3.05) is 12.8 Å². The van der Waals surface area contributed by atoms with Gasteiger partial charge in [0.05, 0.1) is 12.7 Å². The third-order valence-corrected chi connectivity index (χ3v) is 4.42. The summed E-state index contributed by atoms with van der Waals surface area (Å²) in [7, 11) is 1.41. The third-order valence-electron chi connectivity index (χ3n) is 4.42. The molecule has 6 nitrogen and oxygen atoms in total. The van der Waals surface area contributed by atoms with Crippen molar-refractivity contribution in [1.29, 1.82) is 0 Å². The second-order valence-corrected chi connectivity index (χ2v) is 6.11. The third kappa shape index (κ3) is 4.54. The van der Waals surface area contributed by atoms with Crippen LogP contribution in [-0.4, -0.2) is 29.3 Å².